The molecule has 0 saturated carbocycles. The van der Waals surface area contributed by atoms with E-state index < -0.39 is 0 Å². The molecule has 100 valence electrons. The van der Waals surface area contributed by atoms with Gasteiger partial charge in [0.25, 0.3) is 0 Å². The van der Waals surface area contributed by atoms with Crippen LogP contribution in [0, 0.1) is 5.82 Å². The maximum Gasteiger partial charge on any atom is 0.138 e. The summed E-state index contributed by atoms with van der Waals surface area (Å²) in [6.45, 7) is 4.39. The number of halogens is 1. The van der Waals surface area contributed by atoms with Gasteiger partial charge in [-0.25, -0.2) is 9.37 Å². The number of hydrogen-bond acceptors (Lipinski definition) is 3. The minimum atomic E-state index is -0.189. The standard InChI is InChI=1S/C14H17FN4/c1-2-19-13(17-10-18-19)7-14(8-16-9-14)11-5-3-4-6-12(11)15/h3-6,10,16H,2,7-9H2,1H3. The highest BCUT2D eigenvalue weighted by Crippen LogP contribution is 2.33. The molecule has 0 aliphatic carbocycles. The first-order chi connectivity index (χ1) is 9.25. The van der Waals surface area contributed by atoms with Gasteiger partial charge in [0.05, 0.1) is 0 Å². The molecule has 5 heteroatoms. The normalized spacial score (nSPS) is 17.2. The van der Waals surface area contributed by atoms with Gasteiger partial charge in [0.1, 0.15) is 18.0 Å². The van der Waals surface area contributed by atoms with Crippen LogP contribution in [0.3, 0.4) is 0 Å². The van der Waals surface area contributed by atoms with E-state index in [-0.39, 0.29) is 11.2 Å². The molecule has 2 heterocycles. The van der Waals surface area contributed by atoms with Crippen LogP contribution in [0.4, 0.5) is 4.39 Å². The quantitative estimate of drug-likeness (QED) is 0.906. The van der Waals surface area contributed by atoms with Crippen molar-refractivity contribution in [1.29, 1.82) is 0 Å². The Morgan fingerprint density at radius 3 is 2.79 bits per heavy atom. The third kappa shape index (κ3) is 2.04. The largest absolute Gasteiger partial charge is 0.315 e. The van der Waals surface area contributed by atoms with Gasteiger partial charge in [0.2, 0.25) is 0 Å². The first-order valence-corrected chi connectivity index (χ1v) is 6.57. The van der Waals surface area contributed by atoms with Crippen molar-refractivity contribution in [2.75, 3.05) is 13.1 Å². The van der Waals surface area contributed by atoms with Gasteiger partial charge in [-0.15, -0.1) is 0 Å². The van der Waals surface area contributed by atoms with Gasteiger partial charge >= 0.3 is 0 Å². The average Bonchev–Trinajstić information content (AvgIpc) is 2.82. The number of hydrogen-bond donors (Lipinski definition) is 1. The zero-order valence-electron chi connectivity index (χ0n) is 10.9. The molecule has 3 rings (SSSR count). The Balaban J connectivity index is 1.94. The Labute approximate surface area is 111 Å². The number of rotatable bonds is 4. The molecule has 0 amide bonds. The van der Waals surface area contributed by atoms with Crippen molar-refractivity contribution in [1.82, 2.24) is 20.1 Å². The van der Waals surface area contributed by atoms with Crippen LogP contribution in [0.5, 0.6) is 0 Å². The van der Waals surface area contributed by atoms with E-state index in [2.05, 4.69) is 15.4 Å². The molecule has 1 N–H and O–H groups in total. The maximum atomic E-state index is 14.0. The van der Waals surface area contributed by atoms with Crippen molar-refractivity contribution in [2.24, 2.45) is 0 Å². The lowest BCUT2D eigenvalue weighted by Crippen LogP contribution is -2.58. The van der Waals surface area contributed by atoms with Crippen LogP contribution in [-0.2, 0) is 18.4 Å². The van der Waals surface area contributed by atoms with Crippen LogP contribution < -0.4 is 5.32 Å². The molecule has 4 nitrogen and oxygen atoms in total. The van der Waals surface area contributed by atoms with Gasteiger partial charge in [0, 0.05) is 31.5 Å². The van der Waals surface area contributed by atoms with Gasteiger partial charge < -0.3 is 5.32 Å². The van der Waals surface area contributed by atoms with E-state index in [0.717, 1.165) is 37.4 Å². The highest BCUT2D eigenvalue weighted by molar-refractivity contribution is 5.32. The van der Waals surface area contributed by atoms with E-state index in [1.165, 1.54) is 6.07 Å². The van der Waals surface area contributed by atoms with E-state index >= 15 is 0 Å². The Kier molecular flexibility index (Phi) is 3.06. The first kappa shape index (κ1) is 12.3. The third-order valence-corrected chi connectivity index (χ3v) is 3.86. The van der Waals surface area contributed by atoms with Crippen LogP contribution in [0.2, 0.25) is 0 Å². The molecule has 0 unspecified atom stereocenters. The number of aromatic nitrogens is 3. The minimum Gasteiger partial charge on any atom is -0.315 e. The van der Waals surface area contributed by atoms with Crippen LogP contribution in [0.25, 0.3) is 0 Å². The van der Waals surface area contributed by atoms with E-state index in [4.69, 9.17) is 0 Å². The van der Waals surface area contributed by atoms with Crippen LogP contribution in [-0.4, -0.2) is 27.9 Å². The second-order valence-corrected chi connectivity index (χ2v) is 5.03. The third-order valence-electron chi connectivity index (χ3n) is 3.86. The topological polar surface area (TPSA) is 42.7 Å². The molecule has 1 saturated heterocycles. The summed E-state index contributed by atoms with van der Waals surface area (Å²) < 4.78 is 15.9. The fraction of sp³-hybridized carbons (Fsp3) is 0.429. The number of aryl methyl sites for hydroxylation is 1. The maximum absolute atomic E-state index is 14.0. The van der Waals surface area contributed by atoms with Crippen molar-refractivity contribution >= 4 is 0 Å². The first-order valence-electron chi connectivity index (χ1n) is 6.57. The van der Waals surface area contributed by atoms with E-state index in [0.29, 0.717) is 0 Å². The summed E-state index contributed by atoms with van der Waals surface area (Å²) >= 11 is 0. The highest BCUT2D eigenvalue weighted by atomic mass is 19.1. The lowest BCUT2D eigenvalue weighted by molar-refractivity contribution is 0.258. The van der Waals surface area contributed by atoms with Crippen molar-refractivity contribution in [2.45, 2.75) is 25.3 Å². The Bertz CT molecular complexity index is 574. The van der Waals surface area contributed by atoms with Gasteiger partial charge in [-0.1, -0.05) is 18.2 Å². The van der Waals surface area contributed by atoms with Gasteiger partial charge in [-0.3, -0.25) is 4.68 Å². The van der Waals surface area contributed by atoms with E-state index in [1.54, 1.807) is 12.4 Å². The molecule has 1 fully saturated rings. The fourth-order valence-electron chi connectivity index (χ4n) is 2.72. The van der Waals surface area contributed by atoms with Crippen molar-refractivity contribution in [3.63, 3.8) is 0 Å². The zero-order valence-corrected chi connectivity index (χ0v) is 10.9. The Morgan fingerprint density at radius 2 is 2.16 bits per heavy atom. The molecule has 1 aliphatic heterocycles. The molecule has 19 heavy (non-hydrogen) atoms. The molecule has 2 aromatic rings. The van der Waals surface area contributed by atoms with Crippen LogP contribution in [0.15, 0.2) is 30.6 Å². The summed E-state index contributed by atoms with van der Waals surface area (Å²) in [4.78, 5) is 4.31. The lowest BCUT2D eigenvalue weighted by Gasteiger charge is -2.43. The smallest absolute Gasteiger partial charge is 0.138 e. The lowest BCUT2D eigenvalue weighted by atomic mass is 9.72. The highest BCUT2D eigenvalue weighted by Gasteiger charge is 2.41. The molecule has 0 spiro atoms. The monoisotopic (exact) mass is 260 g/mol. The minimum absolute atomic E-state index is 0.133. The van der Waals surface area contributed by atoms with Crippen LogP contribution in [0.1, 0.15) is 18.3 Å². The summed E-state index contributed by atoms with van der Waals surface area (Å²) in [7, 11) is 0. The summed E-state index contributed by atoms with van der Waals surface area (Å²) in [6, 6.07) is 7.03. The molecular formula is C14H17FN4. The van der Waals surface area contributed by atoms with Gasteiger partial charge in [-0.2, -0.15) is 5.10 Å². The molecular weight excluding hydrogens is 243 g/mol. The Morgan fingerprint density at radius 1 is 1.37 bits per heavy atom. The van der Waals surface area contributed by atoms with Crippen LogP contribution >= 0.6 is 0 Å². The zero-order chi connectivity index (χ0) is 13.3. The Hall–Kier alpha value is -1.75. The molecule has 0 radical (unpaired) electrons. The molecule has 0 bridgehead atoms. The van der Waals surface area contributed by atoms with Gasteiger partial charge in [-0.05, 0) is 18.6 Å². The molecule has 0 atom stereocenters. The summed E-state index contributed by atoms with van der Waals surface area (Å²) in [6.07, 6.45) is 2.29. The molecule has 1 aromatic carbocycles. The summed E-state index contributed by atoms with van der Waals surface area (Å²) in [5.41, 5.74) is 0.588. The molecule has 1 aliphatic rings. The average molecular weight is 260 g/mol. The number of benzene rings is 1. The predicted molar refractivity (Wildman–Crippen MR) is 70.3 cm³/mol. The predicted octanol–water partition coefficient (Wildman–Crippen LogP) is 1.52. The summed E-state index contributed by atoms with van der Waals surface area (Å²) in [5.74, 6) is 0.791. The van der Waals surface area contributed by atoms with Gasteiger partial charge in [0.15, 0.2) is 0 Å². The number of nitrogens with one attached hydrogen (secondary N) is 1. The number of nitrogens with zero attached hydrogens (tertiary/aromatic N) is 3. The fourth-order valence-corrected chi connectivity index (χ4v) is 2.72. The van der Waals surface area contributed by atoms with Crippen molar-refractivity contribution in [3.8, 4) is 0 Å². The SMILES string of the molecule is CCn1ncnc1CC1(c2ccccc2F)CNC1. The van der Waals surface area contributed by atoms with E-state index in [1.807, 2.05) is 23.7 Å². The second-order valence-electron chi connectivity index (χ2n) is 5.03. The van der Waals surface area contributed by atoms with Crippen molar-refractivity contribution in [3.05, 3.63) is 47.8 Å². The van der Waals surface area contributed by atoms with Crippen molar-refractivity contribution < 1.29 is 4.39 Å². The second kappa shape index (κ2) is 4.74. The summed E-state index contributed by atoms with van der Waals surface area (Å²) in [5, 5.41) is 7.44. The molecule has 1 aromatic heterocycles. The van der Waals surface area contributed by atoms with E-state index in [9.17, 15) is 4.39 Å².